The van der Waals surface area contributed by atoms with Crippen LogP contribution < -0.4 is 10.6 Å². The van der Waals surface area contributed by atoms with Crippen LogP contribution in [-0.4, -0.2) is 122 Å². The number of Topliss-reactive ketones (excluding diaryl/α,β-unsaturated/α-hetero) is 1. The number of benzene rings is 1. The van der Waals surface area contributed by atoms with Crippen LogP contribution in [-0.2, 0) is 39.2 Å². The molecule has 322 valence electrons. The molecule has 1 aliphatic carbocycles. The van der Waals surface area contributed by atoms with Crippen molar-refractivity contribution in [1.82, 2.24) is 10.6 Å². The molecule has 0 heterocycles. The number of nitrogens with one attached hydrogen (secondary N) is 2. The Hall–Kier alpha value is -1.13. The zero-order valence-electron chi connectivity index (χ0n) is 32.8. The van der Waals surface area contributed by atoms with Gasteiger partial charge in [0.15, 0.2) is 5.78 Å². The summed E-state index contributed by atoms with van der Waals surface area (Å²) >= 11 is 10.3. The van der Waals surface area contributed by atoms with Gasteiger partial charge in [0.05, 0.1) is 32.4 Å². The highest BCUT2D eigenvalue weighted by atomic mass is 32.2. The van der Waals surface area contributed by atoms with Crippen molar-refractivity contribution in [3.8, 4) is 0 Å². The zero-order chi connectivity index (χ0) is 39.7. The Labute approximate surface area is 357 Å². The van der Waals surface area contributed by atoms with Crippen LogP contribution in [0.4, 0.5) is 0 Å². The first kappa shape index (κ1) is 67.6. The molecule has 0 saturated heterocycles. The Bertz CT molecular complexity index is 974. The van der Waals surface area contributed by atoms with Crippen molar-refractivity contribution >= 4 is 100 Å². The van der Waals surface area contributed by atoms with Crippen molar-refractivity contribution in [2.45, 2.75) is 98.6 Å². The molecule has 1 aromatic carbocycles. The number of amides is 2. The molecule has 9 nitrogen and oxygen atoms in total. The molecule has 0 radical (unpaired) electrons. The summed E-state index contributed by atoms with van der Waals surface area (Å²) in [5, 5.41) is 6.26. The van der Waals surface area contributed by atoms with Gasteiger partial charge in [-0.1, -0.05) is 71.9 Å². The van der Waals surface area contributed by atoms with E-state index in [9.17, 15) is 24.0 Å². The summed E-state index contributed by atoms with van der Waals surface area (Å²) in [5.41, 5.74) is 1.41. The van der Waals surface area contributed by atoms with E-state index in [4.69, 9.17) is 0 Å². The third-order valence-electron chi connectivity index (χ3n) is 6.15. The van der Waals surface area contributed by atoms with E-state index < -0.39 is 0 Å². The van der Waals surface area contributed by atoms with E-state index in [1.54, 1.807) is 35.3 Å². The lowest BCUT2D eigenvalue weighted by molar-refractivity contribution is -0.140. The lowest BCUT2D eigenvalue weighted by Crippen LogP contribution is -2.40. The maximum Gasteiger partial charge on any atom is 0.315 e. The SMILES string of the molecule is C.C.C.COC(=O)CCSC.COC(=O)CSC.CSC1CCCCC1.CSCC(NC(C)=O)C(C)=O.CSCCNC(C)=O.CSCc1ccccc1. The summed E-state index contributed by atoms with van der Waals surface area (Å²) in [5.74, 6) is 3.71. The zero-order valence-corrected chi connectivity index (χ0v) is 37.7. The summed E-state index contributed by atoms with van der Waals surface area (Å²) < 4.78 is 8.73. The van der Waals surface area contributed by atoms with E-state index in [1.807, 2.05) is 54.6 Å². The van der Waals surface area contributed by atoms with Gasteiger partial charge in [0.2, 0.25) is 11.8 Å². The molecule has 1 aromatic rings. The van der Waals surface area contributed by atoms with Crippen LogP contribution in [0.5, 0.6) is 0 Å². The molecule has 2 rings (SSSR count). The fraction of sp³-hybridized carbons (Fsp3) is 0.718. The molecule has 0 bridgehead atoms. The molecule has 54 heavy (non-hydrogen) atoms. The normalized spacial score (nSPS) is 11.2. The number of ether oxygens (including phenoxy) is 2. The molecular weight excluding hydrogens is 801 g/mol. The van der Waals surface area contributed by atoms with E-state index in [0.29, 0.717) is 17.9 Å². The van der Waals surface area contributed by atoms with Crippen molar-refractivity contribution in [3.05, 3.63) is 35.9 Å². The number of hydrogen-bond donors (Lipinski definition) is 2. The first-order valence-corrected chi connectivity index (χ1v) is 24.8. The van der Waals surface area contributed by atoms with Crippen molar-refractivity contribution in [1.29, 1.82) is 0 Å². The lowest BCUT2D eigenvalue weighted by atomic mass is 10.0. The van der Waals surface area contributed by atoms with Crippen molar-refractivity contribution < 1.29 is 33.4 Å². The van der Waals surface area contributed by atoms with Gasteiger partial charge >= 0.3 is 11.9 Å². The van der Waals surface area contributed by atoms with Gasteiger partial charge in [-0.2, -0.15) is 70.6 Å². The first-order valence-electron chi connectivity index (χ1n) is 16.5. The molecule has 1 aliphatic rings. The van der Waals surface area contributed by atoms with E-state index in [-0.39, 0.29) is 57.9 Å². The fourth-order valence-electron chi connectivity index (χ4n) is 3.51. The predicted octanol–water partition coefficient (Wildman–Crippen LogP) is 9.50. The number of rotatable bonds is 15. The number of thioether (sulfide) groups is 6. The molecule has 2 amide bonds. The third kappa shape index (κ3) is 57.6. The highest BCUT2D eigenvalue weighted by Crippen LogP contribution is 2.25. The fourth-order valence-corrected chi connectivity index (χ4v) is 6.52. The van der Waals surface area contributed by atoms with E-state index in [0.717, 1.165) is 29.1 Å². The topological polar surface area (TPSA) is 128 Å². The first-order chi connectivity index (χ1) is 24.3. The molecule has 2 N–H and O–H groups in total. The van der Waals surface area contributed by atoms with Gasteiger partial charge in [-0.3, -0.25) is 24.0 Å². The average Bonchev–Trinajstić information content (AvgIpc) is 3.12. The van der Waals surface area contributed by atoms with Crippen LogP contribution in [0.2, 0.25) is 0 Å². The van der Waals surface area contributed by atoms with E-state index in [2.05, 4.69) is 56.9 Å². The second-order valence-corrected chi connectivity index (χ2v) is 16.3. The Morgan fingerprint density at radius 3 is 1.57 bits per heavy atom. The summed E-state index contributed by atoms with van der Waals surface area (Å²) in [6.45, 7) is 5.21. The largest absolute Gasteiger partial charge is 0.469 e. The Balaban J connectivity index is -0.0000000976. The van der Waals surface area contributed by atoms with Crippen molar-refractivity contribution in [2.24, 2.45) is 0 Å². The van der Waals surface area contributed by atoms with Crippen LogP contribution in [0.3, 0.4) is 0 Å². The molecule has 1 atom stereocenters. The molecule has 1 unspecified atom stereocenters. The van der Waals surface area contributed by atoms with Crippen LogP contribution in [0, 0.1) is 0 Å². The van der Waals surface area contributed by atoms with Gasteiger partial charge in [0.25, 0.3) is 0 Å². The number of carbonyl (C=O) groups is 5. The van der Waals surface area contributed by atoms with E-state index >= 15 is 0 Å². The van der Waals surface area contributed by atoms with Gasteiger partial charge in [-0.05, 0) is 62.9 Å². The number of hydrogen-bond acceptors (Lipinski definition) is 13. The quantitative estimate of drug-likeness (QED) is 0.128. The van der Waals surface area contributed by atoms with Crippen LogP contribution in [0.15, 0.2) is 30.3 Å². The van der Waals surface area contributed by atoms with Gasteiger partial charge in [0.1, 0.15) is 0 Å². The average molecular weight is 879 g/mol. The summed E-state index contributed by atoms with van der Waals surface area (Å²) in [6.07, 6.45) is 20.0. The molecule has 0 spiro atoms. The van der Waals surface area contributed by atoms with Gasteiger partial charge in [-0.25, -0.2) is 0 Å². The lowest BCUT2D eigenvalue weighted by Gasteiger charge is -2.18. The second-order valence-electron chi connectivity index (χ2n) is 10.5. The monoisotopic (exact) mass is 878 g/mol. The smallest absolute Gasteiger partial charge is 0.315 e. The highest BCUT2D eigenvalue weighted by Gasteiger charge is 2.13. The third-order valence-corrected chi connectivity index (χ3v) is 10.3. The van der Waals surface area contributed by atoms with Crippen LogP contribution >= 0.6 is 70.6 Å². The van der Waals surface area contributed by atoms with E-state index in [1.165, 1.54) is 84.4 Å². The molecule has 0 aliphatic heterocycles. The summed E-state index contributed by atoms with van der Waals surface area (Å²) in [4.78, 5) is 52.1. The van der Waals surface area contributed by atoms with Crippen LogP contribution in [0.25, 0.3) is 0 Å². The standard InChI is InChI=1S/C8H10S.C7H13NO2S.C7H14S.C5H11NOS.C5H10O2S.C4H8O2S.3CH4/c1-9-7-8-5-3-2-4-6-8;1-5(9)7(4-11-3)8-6(2)10;1-8-7-5-3-2-4-6-7;1-5(7)6-3-4-8-2;1-7-5(6)3-4-8-2;1-6-4(5)3-7-2;;;/h2-6H,7H2,1H3;7H,4H2,1-3H3,(H,8,10);7H,2-6H2,1H3;3-4H2,1-2H3,(H,6,7);3-4H2,1-2H3;3H2,1-2H3;3*1H4. The molecule has 15 heteroatoms. The maximum absolute atomic E-state index is 10.8. The van der Waals surface area contributed by atoms with Crippen LogP contribution in [0.1, 0.15) is 87.1 Å². The molecule has 1 fully saturated rings. The number of esters is 2. The summed E-state index contributed by atoms with van der Waals surface area (Å²) in [7, 11) is 2.79. The number of methoxy groups -OCH3 is 2. The minimum Gasteiger partial charge on any atom is -0.469 e. The number of ketones is 1. The minimum absolute atomic E-state index is 0. The Kier molecular flexibility index (Phi) is 67.6. The molecular formula is C39H78N2O7S6. The van der Waals surface area contributed by atoms with Crippen molar-refractivity contribution in [3.63, 3.8) is 0 Å². The maximum atomic E-state index is 10.8. The van der Waals surface area contributed by atoms with Gasteiger partial charge in [-0.15, -0.1) is 0 Å². The molecule has 0 aromatic heterocycles. The van der Waals surface area contributed by atoms with Gasteiger partial charge in [0, 0.05) is 48.7 Å². The number of carbonyl (C=O) groups excluding carboxylic acids is 5. The second kappa shape index (κ2) is 54.0. The molecule has 1 saturated carbocycles. The minimum atomic E-state index is -0.317. The highest BCUT2D eigenvalue weighted by molar-refractivity contribution is 7.99. The van der Waals surface area contributed by atoms with Gasteiger partial charge < -0.3 is 20.1 Å². The van der Waals surface area contributed by atoms with Crippen molar-refractivity contribution in [2.75, 3.05) is 81.3 Å². The summed E-state index contributed by atoms with van der Waals surface area (Å²) in [6, 6.07) is 10.2. The Morgan fingerprint density at radius 1 is 0.704 bits per heavy atom. The predicted molar refractivity (Wildman–Crippen MR) is 253 cm³/mol. The Morgan fingerprint density at radius 2 is 1.24 bits per heavy atom.